The number of nitrogens with zero attached hydrogens (tertiary/aromatic N) is 2. The molecule has 1 amide bonds. The van der Waals surface area contributed by atoms with Crippen LogP contribution in [0.15, 0.2) is 6.20 Å². The molecular weight excluding hydrogens is 224 g/mol. The van der Waals surface area contributed by atoms with Crippen LogP contribution in [0.2, 0.25) is 0 Å². The highest BCUT2D eigenvalue weighted by molar-refractivity contribution is 7.97. The number of amides is 1. The van der Waals surface area contributed by atoms with Gasteiger partial charge in [-0.05, 0) is 6.26 Å². The number of piperazine rings is 1. The van der Waals surface area contributed by atoms with Crippen LogP contribution < -0.4 is 5.32 Å². The van der Waals surface area contributed by atoms with E-state index in [1.807, 2.05) is 11.2 Å². The number of aromatic amines is 1. The molecular formula is C10H16N4OS. The maximum atomic E-state index is 12.0. The minimum absolute atomic E-state index is 0.0568. The predicted molar refractivity (Wildman–Crippen MR) is 64.6 cm³/mol. The molecule has 2 N–H and O–H groups in total. The van der Waals surface area contributed by atoms with E-state index in [0.717, 1.165) is 37.8 Å². The first-order chi connectivity index (χ1) is 7.81. The summed E-state index contributed by atoms with van der Waals surface area (Å²) in [5.74, 6) is 1.74. The van der Waals surface area contributed by atoms with Gasteiger partial charge in [0.25, 0.3) is 5.91 Å². The van der Waals surface area contributed by atoms with Gasteiger partial charge >= 0.3 is 0 Å². The zero-order valence-electron chi connectivity index (χ0n) is 9.32. The molecule has 0 saturated carbocycles. The molecule has 5 nitrogen and oxygen atoms in total. The molecule has 0 unspecified atom stereocenters. The Hall–Kier alpha value is -1.01. The van der Waals surface area contributed by atoms with Crippen molar-refractivity contribution >= 4 is 17.7 Å². The molecule has 1 saturated heterocycles. The summed E-state index contributed by atoms with van der Waals surface area (Å²) in [5.41, 5.74) is 0.603. The van der Waals surface area contributed by atoms with Crippen LogP contribution in [-0.4, -0.2) is 53.2 Å². The third kappa shape index (κ3) is 2.56. The van der Waals surface area contributed by atoms with Crippen LogP contribution in [0.1, 0.15) is 16.3 Å². The molecule has 0 bridgehead atoms. The largest absolute Gasteiger partial charge is 0.337 e. The number of nitrogens with one attached hydrogen (secondary N) is 2. The molecule has 1 aliphatic rings. The fourth-order valence-corrected chi connectivity index (χ4v) is 2.14. The van der Waals surface area contributed by atoms with E-state index in [1.54, 1.807) is 18.0 Å². The molecule has 0 radical (unpaired) electrons. The van der Waals surface area contributed by atoms with E-state index < -0.39 is 0 Å². The maximum absolute atomic E-state index is 12.0. The van der Waals surface area contributed by atoms with Crippen LogP contribution in [0.5, 0.6) is 0 Å². The van der Waals surface area contributed by atoms with Crippen LogP contribution in [0.4, 0.5) is 0 Å². The summed E-state index contributed by atoms with van der Waals surface area (Å²) in [7, 11) is 0. The number of hydrogen-bond donors (Lipinski definition) is 2. The summed E-state index contributed by atoms with van der Waals surface area (Å²) in [5, 5.41) is 3.22. The first-order valence-electron chi connectivity index (χ1n) is 5.34. The standard InChI is InChI=1S/C10H16N4OS/c1-16-7-9-12-6-8(13-9)10(15)14-4-2-11-3-5-14/h6,11H,2-5,7H2,1H3,(H,12,13). The zero-order valence-corrected chi connectivity index (χ0v) is 10.1. The van der Waals surface area contributed by atoms with Crippen molar-refractivity contribution in [1.82, 2.24) is 20.2 Å². The third-order valence-corrected chi connectivity index (χ3v) is 3.11. The molecule has 1 aromatic rings. The van der Waals surface area contributed by atoms with Crippen molar-refractivity contribution in [1.29, 1.82) is 0 Å². The van der Waals surface area contributed by atoms with E-state index in [9.17, 15) is 4.79 Å². The highest BCUT2D eigenvalue weighted by atomic mass is 32.2. The molecule has 0 aromatic carbocycles. The Bertz CT molecular complexity index is 359. The Morgan fingerprint density at radius 3 is 3.00 bits per heavy atom. The van der Waals surface area contributed by atoms with E-state index in [0.29, 0.717) is 5.69 Å². The molecule has 1 aromatic heterocycles. The molecule has 2 rings (SSSR count). The van der Waals surface area contributed by atoms with E-state index in [2.05, 4.69) is 15.3 Å². The number of aromatic nitrogens is 2. The monoisotopic (exact) mass is 240 g/mol. The third-order valence-electron chi connectivity index (χ3n) is 2.54. The first kappa shape index (κ1) is 11.5. The molecule has 1 fully saturated rings. The van der Waals surface area contributed by atoms with Crippen molar-refractivity contribution in [2.24, 2.45) is 0 Å². The number of hydrogen-bond acceptors (Lipinski definition) is 4. The Kier molecular flexibility index (Phi) is 3.84. The van der Waals surface area contributed by atoms with E-state index in [1.165, 1.54) is 0 Å². The second-order valence-electron chi connectivity index (χ2n) is 3.72. The Labute approximate surface area is 99.0 Å². The Morgan fingerprint density at radius 1 is 1.56 bits per heavy atom. The summed E-state index contributed by atoms with van der Waals surface area (Å²) < 4.78 is 0. The van der Waals surface area contributed by atoms with Crippen molar-refractivity contribution in [2.75, 3.05) is 32.4 Å². The number of thioether (sulfide) groups is 1. The number of H-pyrrole nitrogens is 1. The van der Waals surface area contributed by atoms with Crippen LogP contribution in [0.3, 0.4) is 0 Å². The number of rotatable bonds is 3. The number of carbonyl (C=O) groups excluding carboxylic acids is 1. The van der Waals surface area contributed by atoms with Gasteiger partial charge in [-0.2, -0.15) is 11.8 Å². The lowest BCUT2D eigenvalue weighted by Crippen LogP contribution is -2.46. The summed E-state index contributed by atoms with van der Waals surface area (Å²) in [6.45, 7) is 3.29. The number of carbonyl (C=O) groups is 1. The van der Waals surface area contributed by atoms with Gasteiger partial charge in [-0.1, -0.05) is 0 Å². The van der Waals surface area contributed by atoms with Crippen LogP contribution >= 0.6 is 11.8 Å². The lowest BCUT2D eigenvalue weighted by Gasteiger charge is -2.26. The molecule has 88 valence electrons. The fourth-order valence-electron chi connectivity index (χ4n) is 1.72. The minimum Gasteiger partial charge on any atom is -0.337 e. The van der Waals surface area contributed by atoms with Crippen molar-refractivity contribution in [3.8, 4) is 0 Å². The second kappa shape index (κ2) is 5.36. The van der Waals surface area contributed by atoms with Crippen LogP contribution in [-0.2, 0) is 5.75 Å². The van der Waals surface area contributed by atoms with Gasteiger partial charge in [0.15, 0.2) is 0 Å². The van der Waals surface area contributed by atoms with E-state index >= 15 is 0 Å². The van der Waals surface area contributed by atoms with Crippen molar-refractivity contribution in [2.45, 2.75) is 5.75 Å². The SMILES string of the molecule is CSCc1ncc(C(=O)N2CCNCC2)[nH]1. The second-order valence-corrected chi connectivity index (χ2v) is 4.58. The molecule has 2 heterocycles. The van der Waals surface area contributed by atoms with Crippen molar-refractivity contribution in [3.05, 3.63) is 17.7 Å². The Morgan fingerprint density at radius 2 is 2.31 bits per heavy atom. The molecule has 16 heavy (non-hydrogen) atoms. The molecule has 0 aliphatic carbocycles. The quantitative estimate of drug-likeness (QED) is 0.798. The predicted octanol–water partition coefficient (Wildman–Crippen LogP) is 0.318. The number of imidazole rings is 1. The lowest BCUT2D eigenvalue weighted by molar-refractivity contribution is 0.0730. The normalized spacial score (nSPS) is 16.4. The van der Waals surface area contributed by atoms with Gasteiger partial charge in [-0.15, -0.1) is 0 Å². The highest BCUT2D eigenvalue weighted by Crippen LogP contribution is 2.08. The van der Waals surface area contributed by atoms with Gasteiger partial charge < -0.3 is 15.2 Å². The fraction of sp³-hybridized carbons (Fsp3) is 0.600. The van der Waals surface area contributed by atoms with Gasteiger partial charge in [0.2, 0.25) is 0 Å². The average Bonchev–Trinajstić information content (AvgIpc) is 2.78. The summed E-state index contributed by atoms with van der Waals surface area (Å²) in [6, 6.07) is 0. The van der Waals surface area contributed by atoms with Gasteiger partial charge in [-0.3, -0.25) is 4.79 Å². The smallest absolute Gasteiger partial charge is 0.272 e. The first-order valence-corrected chi connectivity index (χ1v) is 6.73. The molecule has 1 aliphatic heterocycles. The van der Waals surface area contributed by atoms with Crippen molar-refractivity contribution in [3.63, 3.8) is 0 Å². The molecule has 0 atom stereocenters. The summed E-state index contributed by atoms with van der Waals surface area (Å²) in [4.78, 5) is 21.1. The lowest BCUT2D eigenvalue weighted by atomic mass is 10.3. The highest BCUT2D eigenvalue weighted by Gasteiger charge is 2.19. The molecule has 0 spiro atoms. The maximum Gasteiger partial charge on any atom is 0.272 e. The topological polar surface area (TPSA) is 61.0 Å². The van der Waals surface area contributed by atoms with Gasteiger partial charge in [0, 0.05) is 26.2 Å². The summed E-state index contributed by atoms with van der Waals surface area (Å²) >= 11 is 1.69. The van der Waals surface area contributed by atoms with Crippen molar-refractivity contribution < 1.29 is 4.79 Å². The average molecular weight is 240 g/mol. The van der Waals surface area contributed by atoms with Gasteiger partial charge in [0.1, 0.15) is 11.5 Å². The Balaban J connectivity index is 2.01. The van der Waals surface area contributed by atoms with Gasteiger partial charge in [-0.25, -0.2) is 4.98 Å². The molecule has 6 heteroatoms. The van der Waals surface area contributed by atoms with Crippen LogP contribution in [0, 0.1) is 0 Å². The zero-order chi connectivity index (χ0) is 11.4. The van der Waals surface area contributed by atoms with Crippen LogP contribution in [0.25, 0.3) is 0 Å². The van der Waals surface area contributed by atoms with Gasteiger partial charge in [0.05, 0.1) is 11.9 Å². The minimum atomic E-state index is 0.0568. The van der Waals surface area contributed by atoms with E-state index in [4.69, 9.17) is 0 Å². The van der Waals surface area contributed by atoms with E-state index in [-0.39, 0.29) is 5.91 Å². The summed E-state index contributed by atoms with van der Waals surface area (Å²) in [6.07, 6.45) is 3.65.